The fraction of sp³-hybridized carbons (Fsp3) is 0.600. The molecule has 112 valence electrons. The van der Waals surface area contributed by atoms with Crippen LogP contribution in [0.5, 0.6) is 0 Å². The molecule has 1 N–H and O–H groups in total. The SMILES string of the molecule is CC(C)NCc1cccc(S(=O)(=O)N2CCCCC2)c1. The third-order valence-electron chi connectivity index (χ3n) is 3.57. The highest BCUT2D eigenvalue weighted by molar-refractivity contribution is 7.89. The van der Waals surface area contributed by atoms with E-state index in [2.05, 4.69) is 19.2 Å². The van der Waals surface area contributed by atoms with Crippen LogP contribution in [-0.4, -0.2) is 31.9 Å². The minimum Gasteiger partial charge on any atom is -0.310 e. The molecule has 1 saturated heterocycles. The summed E-state index contributed by atoms with van der Waals surface area (Å²) in [6.07, 6.45) is 3.06. The average Bonchev–Trinajstić information content (AvgIpc) is 2.46. The van der Waals surface area contributed by atoms with E-state index in [9.17, 15) is 8.42 Å². The highest BCUT2D eigenvalue weighted by Gasteiger charge is 2.25. The average molecular weight is 296 g/mol. The number of hydrogen-bond donors (Lipinski definition) is 1. The summed E-state index contributed by atoms with van der Waals surface area (Å²) < 4.78 is 26.8. The van der Waals surface area contributed by atoms with Gasteiger partial charge in [-0.15, -0.1) is 0 Å². The van der Waals surface area contributed by atoms with E-state index in [4.69, 9.17) is 0 Å². The van der Waals surface area contributed by atoms with Crippen LogP contribution in [0.4, 0.5) is 0 Å². The maximum atomic E-state index is 12.6. The second-order valence-electron chi connectivity index (χ2n) is 5.65. The number of nitrogens with zero attached hydrogens (tertiary/aromatic N) is 1. The van der Waals surface area contributed by atoms with Crippen molar-refractivity contribution in [2.24, 2.45) is 0 Å². The van der Waals surface area contributed by atoms with Crippen LogP contribution in [0.25, 0.3) is 0 Å². The highest BCUT2D eigenvalue weighted by Crippen LogP contribution is 2.21. The monoisotopic (exact) mass is 296 g/mol. The fourth-order valence-corrected chi connectivity index (χ4v) is 3.98. The van der Waals surface area contributed by atoms with Gasteiger partial charge in [-0.2, -0.15) is 4.31 Å². The summed E-state index contributed by atoms with van der Waals surface area (Å²) in [4.78, 5) is 0.419. The number of rotatable bonds is 5. The third kappa shape index (κ3) is 3.81. The molecule has 20 heavy (non-hydrogen) atoms. The van der Waals surface area contributed by atoms with Gasteiger partial charge in [-0.1, -0.05) is 32.4 Å². The van der Waals surface area contributed by atoms with Gasteiger partial charge in [-0.05, 0) is 30.5 Å². The molecule has 0 unspecified atom stereocenters. The molecular formula is C15H24N2O2S. The van der Waals surface area contributed by atoms with Crippen LogP contribution in [0, 0.1) is 0 Å². The second-order valence-corrected chi connectivity index (χ2v) is 7.59. The molecule has 5 heteroatoms. The van der Waals surface area contributed by atoms with Crippen molar-refractivity contribution in [3.05, 3.63) is 29.8 Å². The maximum absolute atomic E-state index is 12.6. The van der Waals surface area contributed by atoms with Crippen molar-refractivity contribution in [2.45, 2.75) is 50.6 Å². The van der Waals surface area contributed by atoms with Crippen LogP contribution in [-0.2, 0) is 16.6 Å². The first-order valence-electron chi connectivity index (χ1n) is 7.32. The van der Waals surface area contributed by atoms with Crippen LogP contribution in [0.3, 0.4) is 0 Å². The smallest absolute Gasteiger partial charge is 0.243 e. The fourth-order valence-electron chi connectivity index (χ4n) is 2.39. The Morgan fingerprint density at radius 1 is 1.20 bits per heavy atom. The minimum absolute atomic E-state index is 0.386. The zero-order valence-corrected chi connectivity index (χ0v) is 13.1. The Balaban J connectivity index is 2.16. The molecule has 0 aromatic heterocycles. The summed E-state index contributed by atoms with van der Waals surface area (Å²) in [5, 5.41) is 3.31. The molecule has 0 amide bonds. The summed E-state index contributed by atoms with van der Waals surface area (Å²) in [7, 11) is -3.32. The van der Waals surface area contributed by atoms with Crippen molar-refractivity contribution in [3.63, 3.8) is 0 Å². The normalized spacial score (nSPS) is 17.6. The van der Waals surface area contributed by atoms with Crippen LogP contribution in [0.2, 0.25) is 0 Å². The number of piperidine rings is 1. The first-order valence-corrected chi connectivity index (χ1v) is 8.76. The quantitative estimate of drug-likeness (QED) is 0.907. The molecule has 0 radical (unpaired) electrons. The standard InChI is InChI=1S/C15H24N2O2S/c1-13(2)16-12-14-7-6-8-15(11-14)20(18,19)17-9-4-3-5-10-17/h6-8,11,13,16H,3-5,9-10,12H2,1-2H3. The van der Waals surface area contributed by atoms with Crippen LogP contribution >= 0.6 is 0 Å². The van der Waals surface area contributed by atoms with Crippen molar-refractivity contribution in [1.82, 2.24) is 9.62 Å². The molecule has 1 aliphatic rings. The van der Waals surface area contributed by atoms with Gasteiger partial charge in [0.2, 0.25) is 10.0 Å². The molecule has 0 saturated carbocycles. The van der Waals surface area contributed by atoms with Crippen LogP contribution in [0.1, 0.15) is 38.7 Å². The van der Waals surface area contributed by atoms with Gasteiger partial charge in [0, 0.05) is 25.7 Å². The molecule has 1 fully saturated rings. The van der Waals surface area contributed by atoms with Crippen molar-refractivity contribution in [2.75, 3.05) is 13.1 Å². The van der Waals surface area contributed by atoms with Gasteiger partial charge in [0.15, 0.2) is 0 Å². The van der Waals surface area contributed by atoms with Crippen LogP contribution in [0.15, 0.2) is 29.2 Å². The molecule has 0 aliphatic carbocycles. The van der Waals surface area contributed by atoms with E-state index in [1.54, 1.807) is 16.4 Å². The van der Waals surface area contributed by atoms with Gasteiger partial charge in [0.1, 0.15) is 0 Å². The van der Waals surface area contributed by atoms with Gasteiger partial charge in [-0.25, -0.2) is 8.42 Å². The van der Waals surface area contributed by atoms with Crippen molar-refractivity contribution in [1.29, 1.82) is 0 Å². The molecule has 0 atom stereocenters. The molecule has 0 bridgehead atoms. The first kappa shape index (κ1) is 15.5. The Morgan fingerprint density at radius 3 is 2.55 bits per heavy atom. The van der Waals surface area contributed by atoms with E-state index in [0.717, 1.165) is 24.8 Å². The van der Waals surface area contributed by atoms with Gasteiger partial charge < -0.3 is 5.32 Å². The largest absolute Gasteiger partial charge is 0.310 e. The van der Waals surface area contributed by atoms with E-state index in [1.807, 2.05) is 12.1 Å². The molecule has 1 aromatic carbocycles. The zero-order valence-electron chi connectivity index (χ0n) is 12.3. The van der Waals surface area contributed by atoms with Gasteiger partial charge >= 0.3 is 0 Å². The third-order valence-corrected chi connectivity index (χ3v) is 5.46. The van der Waals surface area contributed by atoms with Crippen LogP contribution < -0.4 is 5.32 Å². The summed E-state index contributed by atoms with van der Waals surface area (Å²) in [6, 6.07) is 7.67. The molecule has 0 spiro atoms. The Bertz CT molecular complexity index is 535. The molecule has 1 heterocycles. The van der Waals surface area contributed by atoms with E-state index in [-0.39, 0.29) is 0 Å². The summed E-state index contributed by atoms with van der Waals surface area (Å²) in [5.74, 6) is 0. The molecule has 4 nitrogen and oxygen atoms in total. The predicted molar refractivity (Wildman–Crippen MR) is 81.0 cm³/mol. The lowest BCUT2D eigenvalue weighted by Gasteiger charge is -2.26. The molecule has 1 aliphatic heterocycles. The Hall–Kier alpha value is -0.910. The highest BCUT2D eigenvalue weighted by atomic mass is 32.2. The lowest BCUT2D eigenvalue weighted by Crippen LogP contribution is -2.35. The predicted octanol–water partition coefficient (Wildman–Crippen LogP) is 2.36. The van der Waals surface area contributed by atoms with Gasteiger partial charge in [0.05, 0.1) is 4.90 Å². The molecule has 2 rings (SSSR count). The van der Waals surface area contributed by atoms with Crippen molar-refractivity contribution in [3.8, 4) is 0 Å². The molecule has 1 aromatic rings. The minimum atomic E-state index is -3.32. The summed E-state index contributed by atoms with van der Waals surface area (Å²) in [6.45, 7) is 6.15. The number of sulfonamides is 1. The van der Waals surface area contributed by atoms with E-state index in [0.29, 0.717) is 30.6 Å². The number of benzene rings is 1. The number of hydrogen-bond acceptors (Lipinski definition) is 3. The second kappa shape index (κ2) is 6.70. The Morgan fingerprint density at radius 2 is 1.90 bits per heavy atom. The van der Waals surface area contributed by atoms with Crippen molar-refractivity contribution < 1.29 is 8.42 Å². The van der Waals surface area contributed by atoms with E-state index < -0.39 is 10.0 Å². The summed E-state index contributed by atoms with van der Waals surface area (Å²) >= 11 is 0. The van der Waals surface area contributed by atoms with E-state index in [1.165, 1.54) is 0 Å². The lowest BCUT2D eigenvalue weighted by molar-refractivity contribution is 0.346. The van der Waals surface area contributed by atoms with Gasteiger partial charge in [-0.3, -0.25) is 0 Å². The first-order chi connectivity index (χ1) is 9.50. The Kier molecular flexibility index (Phi) is 5.18. The van der Waals surface area contributed by atoms with Gasteiger partial charge in [0.25, 0.3) is 0 Å². The topological polar surface area (TPSA) is 49.4 Å². The number of nitrogens with one attached hydrogen (secondary N) is 1. The lowest BCUT2D eigenvalue weighted by atomic mass is 10.2. The maximum Gasteiger partial charge on any atom is 0.243 e. The van der Waals surface area contributed by atoms with Crippen molar-refractivity contribution >= 4 is 10.0 Å². The molecular weight excluding hydrogens is 272 g/mol. The van der Waals surface area contributed by atoms with E-state index >= 15 is 0 Å². The summed E-state index contributed by atoms with van der Waals surface area (Å²) in [5.41, 5.74) is 1.01. The Labute approximate surface area is 122 Å². The zero-order chi connectivity index (χ0) is 14.6.